The number of alkyl halides is 2. The first-order valence-electron chi connectivity index (χ1n) is 9.82. The normalized spacial score (nSPS) is 13.8. The number of guanidine groups is 1. The van der Waals surface area contributed by atoms with Gasteiger partial charge >= 0.3 is 6.61 Å². The standard InChI is InChI=1S/C21H25F2N3O5/c1-2-24-21(25-9-10-28-16-7-8-18-19(11-16)30-13-29-18)26-12-17(27)14-3-5-15(6-4-14)31-20(22)23/h3-8,11,17,20,27H,2,9-10,12-13H2,1H3,(H2,24,25,26). The minimum atomic E-state index is -2.89. The van der Waals surface area contributed by atoms with Crippen LogP contribution in [0, 0.1) is 0 Å². The molecule has 0 spiro atoms. The number of fused-ring (bicyclic) bond motifs is 1. The minimum absolute atomic E-state index is 0.0342. The van der Waals surface area contributed by atoms with Crippen molar-refractivity contribution in [3.8, 4) is 23.0 Å². The molecule has 0 aliphatic carbocycles. The first-order chi connectivity index (χ1) is 15.0. The summed E-state index contributed by atoms with van der Waals surface area (Å²) in [6.45, 7) is 0.857. The second-order valence-electron chi connectivity index (χ2n) is 6.47. The Hall–Kier alpha value is -3.27. The third-order valence-electron chi connectivity index (χ3n) is 4.26. The van der Waals surface area contributed by atoms with Crippen LogP contribution in [0.4, 0.5) is 8.78 Å². The van der Waals surface area contributed by atoms with Crippen molar-refractivity contribution >= 4 is 5.96 Å². The Balaban J connectivity index is 1.45. The number of rotatable bonds is 10. The monoisotopic (exact) mass is 437 g/mol. The van der Waals surface area contributed by atoms with Crippen LogP contribution >= 0.6 is 0 Å². The molecule has 3 rings (SSSR count). The number of halogens is 2. The molecule has 1 unspecified atom stereocenters. The number of aliphatic imine (C=N–C) groups is 1. The zero-order valence-corrected chi connectivity index (χ0v) is 17.0. The van der Waals surface area contributed by atoms with E-state index in [9.17, 15) is 13.9 Å². The molecule has 2 aromatic rings. The van der Waals surface area contributed by atoms with E-state index in [2.05, 4.69) is 20.4 Å². The first kappa shape index (κ1) is 22.4. The van der Waals surface area contributed by atoms with E-state index in [4.69, 9.17) is 14.2 Å². The number of benzene rings is 2. The predicted molar refractivity (Wildman–Crippen MR) is 110 cm³/mol. The third-order valence-corrected chi connectivity index (χ3v) is 4.26. The van der Waals surface area contributed by atoms with Gasteiger partial charge in [-0.3, -0.25) is 4.99 Å². The highest BCUT2D eigenvalue weighted by Gasteiger charge is 2.14. The molecular weight excluding hydrogens is 412 g/mol. The average Bonchev–Trinajstić information content (AvgIpc) is 3.22. The fourth-order valence-electron chi connectivity index (χ4n) is 2.80. The van der Waals surface area contributed by atoms with Crippen LogP contribution in [-0.2, 0) is 0 Å². The summed E-state index contributed by atoms with van der Waals surface area (Å²) < 4.78 is 45.0. The van der Waals surface area contributed by atoms with Gasteiger partial charge in [0.15, 0.2) is 17.5 Å². The van der Waals surface area contributed by atoms with Gasteiger partial charge in [-0.2, -0.15) is 8.78 Å². The van der Waals surface area contributed by atoms with E-state index in [0.717, 1.165) is 0 Å². The molecule has 0 amide bonds. The fraction of sp³-hybridized carbons (Fsp3) is 0.381. The lowest BCUT2D eigenvalue weighted by atomic mass is 10.1. The number of aliphatic hydroxyl groups excluding tert-OH is 1. The molecule has 0 fully saturated rings. The zero-order chi connectivity index (χ0) is 22.1. The van der Waals surface area contributed by atoms with Gasteiger partial charge in [0, 0.05) is 12.6 Å². The van der Waals surface area contributed by atoms with Gasteiger partial charge in [0.05, 0.1) is 19.2 Å². The van der Waals surface area contributed by atoms with Gasteiger partial charge in [-0.25, -0.2) is 0 Å². The van der Waals surface area contributed by atoms with Gasteiger partial charge in [-0.15, -0.1) is 0 Å². The number of nitrogens with zero attached hydrogens (tertiary/aromatic N) is 1. The van der Waals surface area contributed by atoms with E-state index in [0.29, 0.717) is 48.5 Å². The van der Waals surface area contributed by atoms with Crippen molar-refractivity contribution in [1.82, 2.24) is 10.6 Å². The van der Waals surface area contributed by atoms with Crippen molar-refractivity contribution in [3.63, 3.8) is 0 Å². The molecule has 1 aliphatic heterocycles. The van der Waals surface area contributed by atoms with Crippen molar-refractivity contribution in [3.05, 3.63) is 48.0 Å². The highest BCUT2D eigenvalue weighted by atomic mass is 19.3. The molecule has 31 heavy (non-hydrogen) atoms. The van der Waals surface area contributed by atoms with Gasteiger partial charge < -0.3 is 34.7 Å². The lowest BCUT2D eigenvalue weighted by molar-refractivity contribution is -0.0498. The molecule has 0 saturated carbocycles. The van der Waals surface area contributed by atoms with Crippen LogP contribution in [0.5, 0.6) is 23.0 Å². The van der Waals surface area contributed by atoms with Crippen LogP contribution in [0.3, 0.4) is 0 Å². The Morgan fingerprint density at radius 2 is 1.84 bits per heavy atom. The maximum absolute atomic E-state index is 12.2. The molecule has 0 saturated heterocycles. The Morgan fingerprint density at radius 3 is 2.58 bits per heavy atom. The van der Waals surface area contributed by atoms with Crippen LogP contribution in [0.2, 0.25) is 0 Å². The number of nitrogens with one attached hydrogen (secondary N) is 2. The van der Waals surface area contributed by atoms with E-state index in [-0.39, 0.29) is 19.1 Å². The van der Waals surface area contributed by atoms with Crippen molar-refractivity contribution in [2.75, 3.05) is 33.0 Å². The molecule has 2 aromatic carbocycles. The number of ether oxygens (including phenoxy) is 4. The van der Waals surface area contributed by atoms with Crippen molar-refractivity contribution in [2.24, 2.45) is 4.99 Å². The quantitative estimate of drug-likeness (QED) is 0.299. The Morgan fingerprint density at radius 1 is 1.10 bits per heavy atom. The molecule has 1 atom stereocenters. The maximum Gasteiger partial charge on any atom is 0.387 e. The topological polar surface area (TPSA) is 93.6 Å². The summed E-state index contributed by atoms with van der Waals surface area (Å²) in [7, 11) is 0. The second kappa shape index (κ2) is 11.2. The highest BCUT2D eigenvalue weighted by molar-refractivity contribution is 5.79. The molecule has 1 heterocycles. The fourth-order valence-corrected chi connectivity index (χ4v) is 2.80. The smallest absolute Gasteiger partial charge is 0.387 e. The van der Waals surface area contributed by atoms with Gasteiger partial charge in [0.1, 0.15) is 18.1 Å². The highest BCUT2D eigenvalue weighted by Crippen LogP contribution is 2.35. The van der Waals surface area contributed by atoms with E-state index >= 15 is 0 Å². The Kier molecular flexibility index (Phi) is 8.11. The third kappa shape index (κ3) is 6.88. The minimum Gasteiger partial charge on any atom is -0.492 e. The van der Waals surface area contributed by atoms with Gasteiger partial charge in [-0.05, 0) is 36.8 Å². The number of hydrogen-bond donors (Lipinski definition) is 3. The lowest BCUT2D eigenvalue weighted by Crippen LogP contribution is -2.39. The molecule has 0 aromatic heterocycles. The molecular formula is C21H25F2N3O5. The van der Waals surface area contributed by atoms with Crippen LogP contribution in [0.1, 0.15) is 18.6 Å². The average molecular weight is 437 g/mol. The largest absolute Gasteiger partial charge is 0.492 e. The van der Waals surface area contributed by atoms with Crippen LogP contribution in [-0.4, -0.2) is 50.7 Å². The molecule has 8 nitrogen and oxygen atoms in total. The van der Waals surface area contributed by atoms with Crippen LogP contribution in [0.25, 0.3) is 0 Å². The van der Waals surface area contributed by atoms with Gasteiger partial charge in [0.2, 0.25) is 6.79 Å². The zero-order valence-electron chi connectivity index (χ0n) is 17.0. The Labute approximate surface area is 178 Å². The Bertz CT molecular complexity index is 865. The van der Waals surface area contributed by atoms with Crippen molar-refractivity contribution < 1.29 is 32.8 Å². The summed E-state index contributed by atoms with van der Waals surface area (Å²) in [5.41, 5.74) is 0.548. The van der Waals surface area contributed by atoms with E-state index in [1.807, 2.05) is 6.92 Å². The SMILES string of the molecule is CCNC(=NCC(O)c1ccc(OC(F)F)cc1)NCCOc1ccc2c(c1)OCO2. The predicted octanol–water partition coefficient (Wildman–Crippen LogP) is 2.68. The molecule has 0 bridgehead atoms. The first-order valence-corrected chi connectivity index (χ1v) is 9.82. The summed E-state index contributed by atoms with van der Waals surface area (Å²) in [5, 5.41) is 16.5. The summed E-state index contributed by atoms with van der Waals surface area (Å²) in [4.78, 5) is 4.35. The number of aliphatic hydroxyl groups is 1. The van der Waals surface area contributed by atoms with E-state index < -0.39 is 12.7 Å². The van der Waals surface area contributed by atoms with Gasteiger partial charge in [0.25, 0.3) is 0 Å². The molecule has 10 heteroatoms. The second-order valence-corrected chi connectivity index (χ2v) is 6.47. The van der Waals surface area contributed by atoms with Crippen molar-refractivity contribution in [1.29, 1.82) is 0 Å². The molecule has 168 valence electrons. The maximum atomic E-state index is 12.2. The molecule has 3 N–H and O–H groups in total. The lowest BCUT2D eigenvalue weighted by Gasteiger charge is -2.14. The summed E-state index contributed by atoms with van der Waals surface area (Å²) >= 11 is 0. The summed E-state index contributed by atoms with van der Waals surface area (Å²) in [6.07, 6.45) is -0.888. The molecule has 0 radical (unpaired) electrons. The van der Waals surface area contributed by atoms with Crippen LogP contribution < -0.4 is 29.6 Å². The number of hydrogen-bond acceptors (Lipinski definition) is 6. The summed E-state index contributed by atoms with van der Waals surface area (Å²) in [6, 6.07) is 11.2. The van der Waals surface area contributed by atoms with Crippen LogP contribution in [0.15, 0.2) is 47.5 Å². The van der Waals surface area contributed by atoms with E-state index in [1.54, 1.807) is 18.2 Å². The summed E-state index contributed by atoms with van der Waals surface area (Å²) in [5.74, 6) is 2.58. The van der Waals surface area contributed by atoms with E-state index in [1.165, 1.54) is 24.3 Å². The molecule has 1 aliphatic rings. The van der Waals surface area contributed by atoms with Crippen molar-refractivity contribution in [2.45, 2.75) is 19.6 Å². The van der Waals surface area contributed by atoms with Gasteiger partial charge in [-0.1, -0.05) is 12.1 Å².